The molecule has 0 atom stereocenters. The molecule has 20 heavy (non-hydrogen) atoms. The number of anilines is 1. The van der Waals surface area contributed by atoms with Gasteiger partial charge in [-0.1, -0.05) is 13.2 Å². The van der Waals surface area contributed by atoms with Gasteiger partial charge in [0.05, 0.1) is 0 Å². The average Bonchev–Trinajstić information content (AvgIpc) is 2.47. The Hall–Kier alpha value is -1.99. The molecule has 3 nitrogen and oxygen atoms in total. The second-order valence-electron chi connectivity index (χ2n) is 5.37. The molecule has 0 bridgehead atoms. The summed E-state index contributed by atoms with van der Waals surface area (Å²) in [6, 6.07) is 4.54. The highest BCUT2D eigenvalue weighted by molar-refractivity contribution is 5.64. The van der Waals surface area contributed by atoms with Crippen molar-refractivity contribution >= 4 is 11.4 Å². The first-order chi connectivity index (χ1) is 9.60. The maximum absolute atomic E-state index is 4.40. The number of likely N-dealkylation sites (tertiary alicyclic amines) is 1. The first-order valence-corrected chi connectivity index (χ1v) is 7.10. The van der Waals surface area contributed by atoms with Crippen LogP contribution >= 0.6 is 0 Å². The minimum Gasteiger partial charge on any atom is -0.375 e. The van der Waals surface area contributed by atoms with Gasteiger partial charge in [-0.25, -0.2) is 4.98 Å². The van der Waals surface area contributed by atoms with Crippen molar-refractivity contribution in [1.82, 2.24) is 9.88 Å². The van der Waals surface area contributed by atoms with E-state index in [1.807, 2.05) is 19.2 Å². The predicted molar refractivity (Wildman–Crippen MR) is 85.5 cm³/mol. The molecule has 0 unspecified atom stereocenters. The van der Waals surface area contributed by atoms with E-state index < -0.39 is 0 Å². The van der Waals surface area contributed by atoms with Crippen molar-refractivity contribution in [3.63, 3.8) is 0 Å². The lowest BCUT2D eigenvalue weighted by molar-refractivity contribution is 0.273. The Morgan fingerprint density at radius 3 is 2.70 bits per heavy atom. The number of pyridine rings is 1. The molecule has 0 radical (unpaired) electrons. The second kappa shape index (κ2) is 6.44. The predicted octanol–water partition coefficient (Wildman–Crippen LogP) is 3.68. The van der Waals surface area contributed by atoms with Crippen LogP contribution in [-0.2, 0) is 0 Å². The Kier molecular flexibility index (Phi) is 4.65. The molecule has 0 aromatic carbocycles. The zero-order valence-electron chi connectivity index (χ0n) is 12.4. The standard InChI is InChI=1S/C17H23N3/c1-5-14(4)15-6-9-18-17(12-15)19-16-7-10-20(11-8-16)13(2)3/h6,9,12,16H,1-2,7-8,10-11H2,3-4H3,(H,18,19). The van der Waals surface area contributed by atoms with E-state index in [1.165, 1.54) is 0 Å². The lowest BCUT2D eigenvalue weighted by atomic mass is 10.0. The van der Waals surface area contributed by atoms with E-state index in [2.05, 4.69) is 47.1 Å². The van der Waals surface area contributed by atoms with Crippen molar-refractivity contribution in [2.75, 3.05) is 18.4 Å². The molecule has 1 aromatic heterocycles. The van der Waals surface area contributed by atoms with Crippen molar-refractivity contribution in [2.24, 2.45) is 0 Å². The fourth-order valence-corrected chi connectivity index (χ4v) is 2.46. The number of allylic oxidation sites excluding steroid dienone is 2. The SMILES string of the molecule is C=C=C(C)c1ccnc(NC2CCN(C(=C)C)CC2)c1. The molecular formula is C17H23N3. The van der Waals surface area contributed by atoms with Gasteiger partial charge in [-0.2, -0.15) is 0 Å². The van der Waals surface area contributed by atoms with E-state index in [0.717, 1.165) is 48.6 Å². The van der Waals surface area contributed by atoms with E-state index in [1.54, 1.807) is 0 Å². The number of hydrogen-bond acceptors (Lipinski definition) is 3. The topological polar surface area (TPSA) is 28.2 Å². The van der Waals surface area contributed by atoms with Crippen LogP contribution in [0.3, 0.4) is 0 Å². The monoisotopic (exact) mass is 269 g/mol. The van der Waals surface area contributed by atoms with Gasteiger partial charge in [-0.15, -0.1) is 5.73 Å². The van der Waals surface area contributed by atoms with Gasteiger partial charge in [0.2, 0.25) is 0 Å². The van der Waals surface area contributed by atoms with Crippen LogP contribution in [0.1, 0.15) is 32.3 Å². The van der Waals surface area contributed by atoms with Gasteiger partial charge in [0.25, 0.3) is 0 Å². The lowest BCUT2D eigenvalue weighted by Gasteiger charge is -2.34. The molecule has 0 spiro atoms. The van der Waals surface area contributed by atoms with Crippen LogP contribution in [0.25, 0.3) is 5.57 Å². The minimum atomic E-state index is 0.487. The minimum absolute atomic E-state index is 0.487. The molecule has 1 N–H and O–H groups in total. The summed E-state index contributed by atoms with van der Waals surface area (Å²) < 4.78 is 0. The van der Waals surface area contributed by atoms with Gasteiger partial charge in [0.15, 0.2) is 0 Å². The summed E-state index contributed by atoms with van der Waals surface area (Å²) in [5.41, 5.74) is 6.26. The number of rotatable bonds is 4. The molecule has 2 rings (SSSR count). The van der Waals surface area contributed by atoms with E-state index in [-0.39, 0.29) is 0 Å². The lowest BCUT2D eigenvalue weighted by Crippen LogP contribution is -2.38. The van der Waals surface area contributed by atoms with E-state index >= 15 is 0 Å². The summed E-state index contributed by atoms with van der Waals surface area (Å²) in [5, 5.41) is 3.53. The first kappa shape index (κ1) is 14.4. The summed E-state index contributed by atoms with van der Waals surface area (Å²) in [7, 11) is 0. The zero-order valence-corrected chi connectivity index (χ0v) is 12.4. The third kappa shape index (κ3) is 3.52. The van der Waals surface area contributed by atoms with Gasteiger partial charge in [0, 0.05) is 31.0 Å². The largest absolute Gasteiger partial charge is 0.375 e. The van der Waals surface area contributed by atoms with E-state index in [9.17, 15) is 0 Å². The fraction of sp³-hybridized carbons (Fsp3) is 0.412. The molecule has 0 amide bonds. The average molecular weight is 269 g/mol. The molecule has 1 fully saturated rings. The van der Waals surface area contributed by atoms with Gasteiger partial charge in [-0.3, -0.25) is 0 Å². The number of piperidine rings is 1. The molecule has 1 aliphatic heterocycles. The Morgan fingerprint density at radius 2 is 2.10 bits per heavy atom. The molecule has 1 aliphatic rings. The van der Waals surface area contributed by atoms with Crippen LogP contribution in [0.2, 0.25) is 0 Å². The van der Waals surface area contributed by atoms with Crippen molar-refractivity contribution < 1.29 is 0 Å². The zero-order chi connectivity index (χ0) is 14.5. The first-order valence-electron chi connectivity index (χ1n) is 7.10. The van der Waals surface area contributed by atoms with Crippen LogP contribution in [0.4, 0.5) is 5.82 Å². The summed E-state index contributed by atoms with van der Waals surface area (Å²) >= 11 is 0. The van der Waals surface area contributed by atoms with Gasteiger partial charge in [0.1, 0.15) is 5.82 Å². The van der Waals surface area contributed by atoms with Crippen LogP contribution in [0.5, 0.6) is 0 Å². The van der Waals surface area contributed by atoms with Gasteiger partial charge < -0.3 is 10.2 Å². The molecule has 0 aliphatic carbocycles. The Labute approximate surface area is 121 Å². The highest BCUT2D eigenvalue weighted by Gasteiger charge is 2.18. The number of hydrogen-bond donors (Lipinski definition) is 1. The Morgan fingerprint density at radius 1 is 1.40 bits per heavy atom. The van der Waals surface area contributed by atoms with Crippen molar-refractivity contribution in [3.8, 4) is 0 Å². The van der Waals surface area contributed by atoms with Crippen molar-refractivity contribution in [2.45, 2.75) is 32.7 Å². The van der Waals surface area contributed by atoms with E-state index in [4.69, 9.17) is 0 Å². The smallest absolute Gasteiger partial charge is 0.126 e. The van der Waals surface area contributed by atoms with Crippen LogP contribution in [0, 0.1) is 0 Å². The molecule has 1 aromatic rings. The molecule has 2 heterocycles. The number of aromatic nitrogens is 1. The number of nitrogens with one attached hydrogen (secondary N) is 1. The van der Waals surface area contributed by atoms with Gasteiger partial charge in [-0.05, 0) is 50.0 Å². The van der Waals surface area contributed by atoms with Crippen molar-refractivity contribution in [3.05, 3.63) is 48.5 Å². The molecule has 3 heteroatoms. The van der Waals surface area contributed by atoms with Crippen molar-refractivity contribution in [1.29, 1.82) is 0 Å². The molecule has 106 valence electrons. The third-order valence-electron chi connectivity index (χ3n) is 3.84. The molecule has 1 saturated heterocycles. The quantitative estimate of drug-likeness (QED) is 0.845. The molecular weight excluding hydrogens is 246 g/mol. The summed E-state index contributed by atoms with van der Waals surface area (Å²) in [6.45, 7) is 13.9. The van der Waals surface area contributed by atoms with Gasteiger partial charge >= 0.3 is 0 Å². The summed E-state index contributed by atoms with van der Waals surface area (Å²) in [5.74, 6) is 0.936. The molecule has 0 saturated carbocycles. The fourth-order valence-electron chi connectivity index (χ4n) is 2.46. The highest BCUT2D eigenvalue weighted by Crippen LogP contribution is 2.20. The highest BCUT2D eigenvalue weighted by atomic mass is 15.2. The van der Waals surface area contributed by atoms with Crippen LogP contribution in [0.15, 0.2) is 42.9 Å². The van der Waals surface area contributed by atoms with Crippen LogP contribution < -0.4 is 5.32 Å². The Balaban J connectivity index is 1.98. The third-order valence-corrected chi connectivity index (χ3v) is 3.84. The maximum Gasteiger partial charge on any atom is 0.126 e. The maximum atomic E-state index is 4.40. The number of nitrogens with zero attached hydrogens (tertiary/aromatic N) is 2. The summed E-state index contributed by atoms with van der Waals surface area (Å²) in [6.07, 6.45) is 4.08. The summed E-state index contributed by atoms with van der Waals surface area (Å²) in [4.78, 5) is 6.74. The van der Waals surface area contributed by atoms with E-state index in [0.29, 0.717) is 6.04 Å². The Bertz CT molecular complexity index is 533. The second-order valence-corrected chi connectivity index (χ2v) is 5.37. The van der Waals surface area contributed by atoms with Crippen LogP contribution in [-0.4, -0.2) is 29.0 Å². The normalized spacial score (nSPS) is 15.6.